The van der Waals surface area contributed by atoms with Gasteiger partial charge in [-0.25, -0.2) is 17.8 Å². The summed E-state index contributed by atoms with van der Waals surface area (Å²) in [4.78, 5) is 15.3. The SMILES string of the molecule is CNC(=O)CS(=O)(=O)Cc1csc(-c2ccc(F)cc2)n1. The topological polar surface area (TPSA) is 76.1 Å². The van der Waals surface area contributed by atoms with Crippen molar-refractivity contribution in [2.24, 2.45) is 0 Å². The van der Waals surface area contributed by atoms with Crippen molar-refractivity contribution >= 4 is 27.1 Å². The molecule has 1 aromatic carbocycles. The Morgan fingerprint density at radius 1 is 1.33 bits per heavy atom. The first-order valence-electron chi connectivity index (χ1n) is 6.01. The molecule has 0 aliphatic heterocycles. The van der Waals surface area contributed by atoms with E-state index in [-0.39, 0.29) is 11.6 Å². The second kappa shape index (κ2) is 6.31. The van der Waals surface area contributed by atoms with Gasteiger partial charge in [0.25, 0.3) is 0 Å². The molecule has 1 amide bonds. The molecular weight excluding hydrogens is 315 g/mol. The lowest BCUT2D eigenvalue weighted by atomic mass is 10.2. The molecule has 2 rings (SSSR count). The van der Waals surface area contributed by atoms with Crippen LogP contribution in [0.4, 0.5) is 4.39 Å². The summed E-state index contributed by atoms with van der Waals surface area (Å²) < 4.78 is 36.5. The van der Waals surface area contributed by atoms with E-state index in [4.69, 9.17) is 0 Å². The predicted octanol–water partition coefficient (Wildman–Crippen LogP) is 1.61. The smallest absolute Gasteiger partial charge is 0.234 e. The summed E-state index contributed by atoms with van der Waals surface area (Å²) in [6, 6.07) is 5.80. The number of hydrogen-bond acceptors (Lipinski definition) is 5. The molecule has 0 bridgehead atoms. The lowest BCUT2D eigenvalue weighted by Crippen LogP contribution is -2.27. The minimum Gasteiger partial charge on any atom is -0.358 e. The summed E-state index contributed by atoms with van der Waals surface area (Å²) in [5.41, 5.74) is 1.10. The summed E-state index contributed by atoms with van der Waals surface area (Å²) in [7, 11) is -2.17. The lowest BCUT2D eigenvalue weighted by Gasteiger charge is -2.01. The van der Waals surface area contributed by atoms with E-state index < -0.39 is 21.5 Å². The molecular formula is C13H13FN2O3S2. The van der Waals surface area contributed by atoms with E-state index in [2.05, 4.69) is 10.3 Å². The molecule has 1 N–H and O–H groups in total. The van der Waals surface area contributed by atoms with Gasteiger partial charge in [0.05, 0.1) is 11.4 Å². The van der Waals surface area contributed by atoms with E-state index in [9.17, 15) is 17.6 Å². The quantitative estimate of drug-likeness (QED) is 0.905. The average molecular weight is 328 g/mol. The number of benzene rings is 1. The van der Waals surface area contributed by atoms with Gasteiger partial charge in [-0.05, 0) is 24.3 Å². The summed E-state index contributed by atoms with van der Waals surface area (Å²) in [5, 5.41) is 4.51. The van der Waals surface area contributed by atoms with Gasteiger partial charge in [-0.1, -0.05) is 0 Å². The standard InChI is InChI=1S/C13H13FN2O3S2/c1-15-12(17)8-21(18,19)7-11-6-20-13(16-11)9-2-4-10(14)5-3-9/h2-6H,7-8H2,1H3,(H,15,17). The van der Waals surface area contributed by atoms with Crippen molar-refractivity contribution in [3.8, 4) is 10.6 Å². The van der Waals surface area contributed by atoms with Crippen LogP contribution in [-0.2, 0) is 20.4 Å². The number of rotatable bonds is 5. The maximum atomic E-state index is 12.9. The first-order chi connectivity index (χ1) is 9.89. The highest BCUT2D eigenvalue weighted by molar-refractivity contribution is 7.91. The van der Waals surface area contributed by atoms with Gasteiger partial charge >= 0.3 is 0 Å². The number of aromatic nitrogens is 1. The van der Waals surface area contributed by atoms with Crippen molar-refractivity contribution in [1.82, 2.24) is 10.3 Å². The van der Waals surface area contributed by atoms with Crippen LogP contribution in [-0.4, -0.2) is 32.1 Å². The molecule has 5 nitrogen and oxygen atoms in total. The number of halogens is 1. The molecule has 0 radical (unpaired) electrons. The van der Waals surface area contributed by atoms with Crippen molar-refractivity contribution in [2.75, 3.05) is 12.8 Å². The molecule has 112 valence electrons. The first kappa shape index (κ1) is 15.6. The number of carbonyl (C=O) groups is 1. The molecule has 0 spiro atoms. The lowest BCUT2D eigenvalue weighted by molar-refractivity contribution is -0.118. The van der Waals surface area contributed by atoms with E-state index in [1.807, 2.05) is 0 Å². The summed E-state index contributed by atoms with van der Waals surface area (Å²) in [6.45, 7) is 0. The van der Waals surface area contributed by atoms with Crippen molar-refractivity contribution in [1.29, 1.82) is 0 Å². The summed E-state index contributed by atoms with van der Waals surface area (Å²) in [5.74, 6) is -1.75. The molecule has 0 atom stereocenters. The Balaban J connectivity index is 2.13. The van der Waals surface area contributed by atoms with Gasteiger partial charge in [0.1, 0.15) is 16.6 Å². The van der Waals surface area contributed by atoms with Gasteiger partial charge in [0, 0.05) is 18.0 Å². The van der Waals surface area contributed by atoms with Crippen LogP contribution >= 0.6 is 11.3 Å². The van der Waals surface area contributed by atoms with Crippen LogP contribution in [0.2, 0.25) is 0 Å². The van der Waals surface area contributed by atoms with Crippen LogP contribution < -0.4 is 5.32 Å². The molecule has 0 unspecified atom stereocenters. The van der Waals surface area contributed by atoms with Crippen LogP contribution in [0.25, 0.3) is 10.6 Å². The molecule has 8 heteroatoms. The number of nitrogens with one attached hydrogen (secondary N) is 1. The third-order valence-corrected chi connectivity index (χ3v) is 5.02. The molecule has 1 heterocycles. The minimum atomic E-state index is -3.55. The molecule has 0 fully saturated rings. The van der Waals surface area contributed by atoms with Crippen LogP contribution in [0.3, 0.4) is 0 Å². The van der Waals surface area contributed by atoms with Gasteiger partial charge in [-0.2, -0.15) is 0 Å². The molecule has 0 aliphatic rings. The van der Waals surface area contributed by atoms with Crippen LogP contribution in [0.5, 0.6) is 0 Å². The van der Waals surface area contributed by atoms with Gasteiger partial charge in [-0.15, -0.1) is 11.3 Å². The Morgan fingerprint density at radius 2 is 2.00 bits per heavy atom. The van der Waals surface area contributed by atoms with Crippen LogP contribution in [0.15, 0.2) is 29.6 Å². The van der Waals surface area contributed by atoms with Crippen LogP contribution in [0.1, 0.15) is 5.69 Å². The highest BCUT2D eigenvalue weighted by Gasteiger charge is 2.18. The van der Waals surface area contributed by atoms with E-state index in [1.54, 1.807) is 17.5 Å². The Labute approximate surface area is 125 Å². The Morgan fingerprint density at radius 3 is 2.62 bits per heavy atom. The van der Waals surface area contributed by atoms with E-state index in [1.165, 1.54) is 30.5 Å². The number of nitrogens with zero attached hydrogens (tertiary/aromatic N) is 1. The third-order valence-electron chi connectivity index (χ3n) is 2.64. The highest BCUT2D eigenvalue weighted by atomic mass is 32.2. The largest absolute Gasteiger partial charge is 0.358 e. The molecule has 0 saturated carbocycles. The monoisotopic (exact) mass is 328 g/mol. The number of hydrogen-bond donors (Lipinski definition) is 1. The first-order valence-corrected chi connectivity index (χ1v) is 8.71. The zero-order valence-corrected chi connectivity index (χ0v) is 12.8. The molecule has 2 aromatic rings. The van der Waals surface area contributed by atoms with E-state index >= 15 is 0 Å². The van der Waals surface area contributed by atoms with E-state index in [0.717, 1.165) is 5.56 Å². The van der Waals surface area contributed by atoms with Crippen molar-refractivity contribution < 1.29 is 17.6 Å². The van der Waals surface area contributed by atoms with Crippen molar-refractivity contribution in [3.63, 3.8) is 0 Å². The second-order valence-electron chi connectivity index (χ2n) is 4.36. The second-order valence-corrected chi connectivity index (χ2v) is 7.28. The predicted molar refractivity (Wildman–Crippen MR) is 79.1 cm³/mol. The maximum Gasteiger partial charge on any atom is 0.234 e. The maximum absolute atomic E-state index is 12.9. The van der Waals surface area contributed by atoms with Gasteiger partial charge in [-0.3, -0.25) is 4.79 Å². The number of thiazole rings is 1. The zero-order chi connectivity index (χ0) is 15.5. The van der Waals surface area contributed by atoms with Crippen molar-refractivity contribution in [3.05, 3.63) is 41.2 Å². The third kappa shape index (κ3) is 4.33. The van der Waals surface area contributed by atoms with Gasteiger partial charge in [0.15, 0.2) is 9.84 Å². The minimum absolute atomic E-state index is 0.294. The van der Waals surface area contributed by atoms with Crippen LogP contribution in [0, 0.1) is 5.82 Å². The summed E-state index contributed by atoms with van der Waals surface area (Å²) >= 11 is 1.28. The van der Waals surface area contributed by atoms with Gasteiger partial charge < -0.3 is 5.32 Å². The number of carbonyl (C=O) groups excluding carboxylic acids is 1. The fourth-order valence-electron chi connectivity index (χ4n) is 1.65. The highest BCUT2D eigenvalue weighted by Crippen LogP contribution is 2.24. The fourth-order valence-corrected chi connectivity index (χ4v) is 3.82. The van der Waals surface area contributed by atoms with Gasteiger partial charge in [0.2, 0.25) is 5.91 Å². The van der Waals surface area contributed by atoms with Crippen molar-refractivity contribution in [2.45, 2.75) is 5.75 Å². The Kier molecular flexibility index (Phi) is 4.69. The normalized spacial score (nSPS) is 11.3. The molecule has 0 saturated heterocycles. The average Bonchev–Trinajstić information content (AvgIpc) is 2.86. The Bertz CT molecular complexity index is 739. The molecule has 0 aliphatic carbocycles. The zero-order valence-electron chi connectivity index (χ0n) is 11.2. The fraction of sp³-hybridized carbons (Fsp3) is 0.231. The van der Waals surface area contributed by atoms with E-state index in [0.29, 0.717) is 10.7 Å². The Hall–Kier alpha value is -1.80. The number of sulfone groups is 1. The number of amides is 1. The summed E-state index contributed by atoms with van der Waals surface area (Å²) in [6.07, 6.45) is 0. The molecule has 1 aromatic heterocycles. The molecule has 21 heavy (non-hydrogen) atoms.